The third kappa shape index (κ3) is 3.38. The van der Waals surface area contributed by atoms with E-state index < -0.39 is 0 Å². The van der Waals surface area contributed by atoms with Crippen LogP contribution >= 0.6 is 23.2 Å². The average molecular weight is 247 g/mol. The standard InChI is InChI=1S/C10H12Cl2N2O/c1-2-3-14(4-5-15)10-9(12)6-8(11)7-13-10/h2,6-7,15H,1,3-5H2. The maximum atomic E-state index is 8.90. The zero-order valence-electron chi connectivity index (χ0n) is 8.16. The second-order valence-corrected chi connectivity index (χ2v) is 3.76. The van der Waals surface area contributed by atoms with Gasteiger partial charge in [-0.2, -0.15) is 0 Å². The van der Waals surface area contributed by atoms with Crippen LogP contribution in [0.4, 0.5) is 5.82 Å². The zero-order valence-corrected chi connectivity index (χ0v) is 9.67. The molecule has 1 heterocycles. The van der Waals surface area contributed by atoms with Crippen molar-refractivity contribution >= 4 is 29.0 Å². The van der Waals surface area contributed by atoms with Crippen molar-refractivity contribution in [3.8, 4) is 0 Å². The van der Waals surface area contributed by atoms with E-state index in [1.54, 1.807) is 12.1 Å². The van der Waals surface area contributed by atoms with Crippen LogP contribution in [-0.4, -0.2) is 29.8 Å². The molecule has 0 spiro atoms. The van der Waals surface area contributed by atoms with Crippen LogP contribution in [0, 0.1) is 0 Å². The third-order valence-electron chi connectivity index (χ3n) is 1.81. The Bertz CT molecular complexity index is 344. The molecule has 0 aliphatic carbocycles. The Morgan fingerprint density at radius 3 is 2.80 bits per heavy atom. The summed E-state index contributed by atoms with van der Waals surface area (Å²) in [6.07, 6.45) is 3.25. The highest BCUT2D eigenvalue weighted by Crippen LogP contribution is 2.25. The fourth-order valence-electron chi connectivity index (χ4n) is 1.20. The van der Waals surface area contributed by atoms with Crippen molar-refractivity contribution in [2.24, 2.45) is 0 Å². The Kier molecular flexibility index (Phi) is 4.88. The van der Waals surface area contributed by atoms with Crippen LogP contribution in [0.15, 0.2) is 24.9 Å². The minimum absolute atomic E-state index is 0.0362. The van der Waals surface area contributed by atoms with Crippen molar-refractivity contribution in [2.75, 3.05) is 24.6 Å². The van der Waals surface area contributed by atoms with Crippen molar-refractivity contribution in [3.63, 3.8) is 0 Å². The smallest absolute Gasteiger partial charge is 0.147 e. The van der Waals surface area contributed by atoms with Gasteiger partial charge in [0.25, 0.3) is 0 Å². The lowest BCUT2D eigenvalue weighted by molar-refractivity contribution is 0.302. The Balaban J connectivity index is 2.94. The average Bonchev–Trinajstić information content (AvgIpc) is 2.17. The number of pyridine rings is 1. The van der Waals surface area contributed by atoms with Crippen LogP contribution in [0.1, 0.15) is 0 Å². The first-order chi connectivity index (χ1) is 7.19. The predicted molar refractivity (Wildman–Crippen MR) is 63.8 cm³/mol. The minimum atomic E-state index is 0.0362. The number of rotatable bonds is 5. The number of aliphatic hydroxyl groups excluding tert-OH is 1. The van der Waals surface area contributed by atoms with E-state index in [9.17, 15) is 0 Å². The van der Waals surface area contributed by atoms with Gasteiger partial charge in [-0.3, -0.25) is 0 Å². The molecular weight excluding hydrogens is 235 g/mol. The van der Waals surface area contributed by atoms with Gasteiger partial charge in [0, 0.05) is 19.3 Å². The molecule has 1 N–H and O–H groups in total. The fraction of sp³-hybridized carbons (Fsp3) is 0.300. The van der Waals surface area contributed by atoms with E-state index in [1.807, 2.05) is 4.90 Å². The van der Waals surface area contributed by atoms with Gasteiger partial charge in [0.2, 0.25) is 0 Å². The van der Waals surface area contributed by atoms with Gasteiger partial charge in [-0.25, -0.2) is 4.98 Å². The number of halogens is 2. The lowest BCUT2D eigenvalue weighted by Gasteiger charge is -2.21. The molecule has 0 unspecified atom stereocenters. The number of hydrogen-bond donors (Lipinski definition) is 1. The molecule has 15 heavy (non-hydrogen) atoms. The molecule has 1 aromatic heterocycles. The van der Waals surface area contributed by atoms with E-state index in [1.165, 1.54) is 6.20 Å². The first-order valence-corrected chi connectivity index (χ1v) is 5.22. The fourth-order valence-corrected chi connectivity index (χ4v) is 1.70. The van der Waals surface area contributed by atoms with Crippen LogP contribution < -0.4 is 4.90 Å². The number of anilines is 1. The second-order valence-electron chi connectivity index (χ2n) is 2.92. The number of aromatic nitrogens is 1. The van der Waals surface area contributed by atoms with Gasteiger partial charge in [-0.15, -0.1) is 6.58 Å². The van der Waals surface area contributed by atoms with Gasteiger partial charge in [0.1, 0.15) is 5.82 Å². The summed E-state index contributed by atoms with van der Waals surface area (Å²) in [4.78, 5) is 5.94. The van der Waals surface area contributed by atoms with Crippen molar-refractivity contribution < 1.29 is 5.11 Å². The van der Waals surface area contributed by atoms with Crippen LogP contribution in [0.25, 0.3) is 0 Å². The van der Waals surface area contributed by atoms with Crippen LogP contribution in [-0.2, 0) is 0 Å². The van der Waals surface area contributed by atoms with Crippen LogP contribution in [0.3, 0.4) is 0 Å². The first-order valence-electron chi connectivity index (χ1n) is 4.46. The van der Waals surface area contributed by atoms with Crippen LogP contribution in [0.5, 0.6) is 0 Å². The van der Waals surface area contributed by atoms with Crippen LogP contribution in [0.2, 0.25) is 10.0 Å². The summed E-state index contributed by atoms with van der Waals surface area (Å²) in [5.74, 6) is 0.606. The first kappa shape index (κ1) is 12.3. The molecule has 5 heteroatoms. The molecular formula is C10H12Cl2N2O. The van der Waals surface area contributed by atoms with E-state index in [4.69, 9.17) is 28.3 Å². The lowest BCUT2D eigenvalue weighted by atomic mass is 10.4. The number of hydrogen-bond acceptors (Lipinski definition) is 3. The van der Waals surface area contributed by atoms with E-state index in [0.717, 1.165) is 0 Å². The highest BCUT2D eigenvalue weighted by atomic mass is 35.5. The summed E-state index contributed by atoms with van der Waals surface area (Å²) in [6.45, 7) is 4.71. The Morgan fingerprint density at radius 1 is 1.53 bits per heavy atom. The largest absolute Gasteiger partial charge is 0.395 e. The molecule has 0 aromatic carbocycles. The summed E-state index contributed by atoms with van der Waals surface area (Å²) in [5.41, 5.74) is 0. The SMILES string of the molecule is C=CCN(CCO)c1ncc(Cl)cc1Cl. The molecule has 1 aromatic rings. The molecule has 0 aliphatic heterocycles. The Labute approximate surface area is 98.9 Å². The molecule has 0 fully saturated rings. The molecule has 0 aliphatic rings. The highest BCUT2D eigenvalue weighted by Gasteiger charge is 2.10. The molecule has 0 bridgehead atoms. The number of nitrogens with zero attached hydrogens (tertiary/aromatic N) is 2. The molecule has 0 atom stereocenters. The lowest BCUT2D eigenvalue weighted by Crippen LogP contribution is -2.27. The van der Waals surface area contributed by atoms with E-state index >= 15 is 0 Å². The summed E-state index contributed by atoms with van der Waals surface area (Å²) in [5, 5.41) is 9.86. The monoisotopic (exact) mass is 246 g/mol. The topological polar surface area (TPSA) is 36.4 Å². The summed E-state index contributed by atoms with van der Waals surface area (Å²) >= 11 is 11.7. The summed E-state index contributed by atoms with van der Waals surface area (Å²) in [7, 11) is 0. The molecule has 0 radical (unpaired) electrons. The molecule has 1 rings (SSSR count). The number of aliphatic hydroxyl groups is 1. The van der Waals surface area contributed by atoms with Gasteiger partial charge in [0.15, 0.2) is 0 Å². The second kappa shape index (κ2) is 5.95. The minimum Gasteiger partial charge on any atom is -0.395 e. The van der Waals surface area contributed by atoms with Gasteiger partial charge in [-0.05, 0) is 6.07 Å². The molecule has 0 amide bonds. The maximum absolute atomic E-state index is 8.90. The van der Waals surface area contributed by atoms with Crippen molar-refractivity contribution in [1.82, 2.24) is 4.98 Å². The molecule has 0 saturated heterocycles. The van der Waals surface area contributed by atoms with Crippen molar-refractivity contribution in [1.29, 1.82) is 0 Å². The van der Waals surface area contributed by atoms with E-state index in [-0.39, 0.29) is 6.61 Å². The summed E-state index contributed by atoms with van der Waals surface area (Å²) < 4.78 is 0. The highest BCUT2D eigenvalue weighted by molar-refractivity contribution is 6.36. The van der Waals surface area contributed by atoms with Crippen molar-refractivity contribution in [3.05, 3.63) is 35.0 Å². The molecule has 82 valence electrons. The Morgan fingerprint density at radius 2 is 2.27 bits per heavy atom. The van der Waals surface area contributed by atoms with Gasteiger partial charge in [-0.1, -0.05) is 29.3 Å². The van der Waals surface area contributed by atoms with Gasteiger partial charge in [0.05, 0.1) is 16.7 Å². The molecule has 0 saturated carbocycles. The van der Waals surface area contributed by atoms with Gasteiger partial charge < -0.3 is 10.0 Å². The summed E-state index contributed by atoms with van der Waals surface area (Å²) in [6, 6.07) is 1.62. The van der Waals surface area contributed by atoms with Gasteiger partial charge >= 0.3 is 0 Å². The molecule has 3 nitrogen and oxygen atoms in total. The zero-order chi connectivity index (χ0) is 11.3. The van der Waals surface area contributed by atoms with E-state index in [0.29, 0.717) is 29.0 Å². The maximum Gasteiger partial charge on any atom is 0.147 e. The Hall–Kier alpha value is -0.770. The van der Waals surface area contributed by atoms with Crippen molar-refractivity contribution in [2.45, 2.75) is 0 Å². The van der Waals surface area contributed by atoms with E-state index in [2.05, 4.69) is 11.6 Å². The normalized spacial score (nSPS) is 10.1. The third-order valence-corrected chi connectivity index (χ3v) is 2.29. The quantitative estimate of drug-likeness (QED) is 0.811. The predicted octanol–water partition coefficient (Wildman–Crippen LogP) is 2.37.